The number of benzene rings is 1. The molecule has 1 aromatic heterocycles. The van der Waals surface area contributed by atoms with Crippen molar-refractivity contribution in [2.24, 2.45) is 0 Å². The van der Waals surface area contributed by atoms with E-state index in [-0.39, 0.29) is 36.4 Å². The van der Waals surface area contributed by atoms with Gasteiger partial charge in [-0.3, -0.25) is 9.36 Å². The number of carbonyl (C=O) groups is 1. The number of hydrogen-bond donors (Lipinski definition) is 0. The standard InChI is InChI=1S/C15H18N2O5S/c1-16(11-7-9-23(20,21)10-11)14(18)6-8-17-12-4-2-3-5-13(12)22-15(17)19/h2-5,11H,6-10H2,1H3. The molecule has 1 amide bonds. The summed E-state index contributed by atoms with van der Waals surface area (Å²) in [5.41, 5.74) is 1.14. The molecule has 1 fully saturated rings. The lowest BCUT2D eigenvalue weighted by Gasteiger charge is -2.23. The average molecular weight is 338 g/mol. The zero-order valence-corrected chi connectivity index (χ0v) is 13.6. The van der Waals surface area contributed by atoms with Crippen molar-refractivity contribution in [3.8, 4) is 0 Å². The first-order chi connectivity index (χ1) is 10.9. The highest BCUT2D eigenvalue weighted by molar-refractivity contribution is 7.91. The van der Waals surface area contributed by atoms with E-state index in [0.717, 1.165) is 0 Å². The molecule has 2 heterocycles. The Hall–Kier alpha value is -2.09. The summed E-state index contributed by atoms with van der Waals surface area (Å²) >= 11 is 0. The van der Waals surface area contributed by atoms with Crippen LogP contribution >= 0.6 is 0 Å². The molecule has 0 saturated carbocycles. The number of para-hydroxylation sites is 2. The quantitative estimate of drug-likeness (QED) is 0.816. The fourth-order valence-corrected chi connectivity index (χ4v) is 4.67. The lowest BCUT2D eigenvalue weighted by atomic mass is 10.2. The van der Waals surface area contributed by atoms with Crippen LogP contribution in [0.25, 0.3) is 11.1 Å². The molecule has 1 atom stereocenters. The third-order valence-corrected chi connectivity index (χ3v) is 6.02. The number of oxazole rings is 1. The fourth-order valence-electron chi connectivity index (χ4n) is 2.89. The van der Waals surface area contributed by atoms with Crippen LogP contribution in [0.3, 0.4) is 0 Å². The Balaban J connectivity index is 1.69. The van der Waals surface area contributed by atoms with Gasteiger partial charge in [0.05, 0.1) is 17.0 Å². The predicted molar refractivity (Wildman–Crippen MR) is 84.9 cm³/mol. The van der Waals surface area contributed by atoms with E-state index in [2.05, 4.69) is 0 Å². The molecule has 124 valence electrons. The van der Waals surface area contributed by atoms with Crippen molar-refractivity contribution >= 4 is 26.8 Å². The van der Waals surface area contributed by atoms with Gasteiger partial charge in [0, 0.05) is 26.1 Å². The molecule has 7 nitrogen and oxygen atoms in total. The summed E-state index contributed by atoms with van der Waals surface area (Å²) < 4.78 is 29.6. The van der Waals surface area contributed by atoms with E-state index in [1.54, 1.807) is 31.3 Å². The minimum atomic E-state index is -3.03. The molecule has 0 N–H and O–H groups in total. The molecule has 0 spiro atoms. The minimum Gasteiger partial charge on any atom is -0.408 e. The van der Waals surface area contributed by atoms with Gasteiger partial charge in [0.25, 0.3) is 0 Å². The van der Waals surface area contributed by atoms with Crippen LogP contribution < -0.4 is 5.76 Å². The molecule has 1 aliphatic rings. The number of aromatic nitrogens is 1. The highest BCUT2D eigenvalue weighted by atomic mass is 32.2. The molecule has 2 aromatic rings. The zero-order valence-electron chi connectivity index (χ0n) is 12.8. The number of carbonyl (C=O) groups excluding carboxylic acids is 1. The maximum absolute atomic E-state index is 12.3. The molecule has 1 saturated heterocycles. The lowest BCUT2D eigenvalue weighted by molar-refractivity contribution is -0.131. The van der Waals surface area contributed by atoms with Gasteiger partial charge < -0.3 is 9.32 Å². The van der Waals surface area contributed by atoms with E-state index >= 15 is 0 Å². The summed E-state index contributed by atoms with van der Waals surface area (Å²) in [4.78, 5) is 25.6. The van der Waals surface area contributed by atoms with Crippen LogP contribution in [-0.4, -0.2) is 48.4 Å². The Morgan fingerprint density at radius 1 is 1.39 bits per heavy atom. The Labute approximate surface area is 133 Å². The van der Waals surface area contributed by atoms with Gasteiger partial charge in [0.2, 0.25) is 5.91 Å². The van der Waals surface area contributed by atoms with Gasteiger partial charge in [0.15, 0.2) is 15.4 Å². The lowest BCUT2D eigenvalue weighted by Crippen LogP contribution is -2.38. The number of aryl methyl sites for hydroxylation is 1. The minimum absolute atomic E-state index is 0.0177. The topological polar surface area (TPSA) is 89.6 Å². The molecule has 1 aliphatic heterocycles. The Morgan fingerprint density at radius 2 is 2.13 bits per heavy atom. The van der Waals surface area contributed by atoms with Gasteiger partial charge in [-0.25, -0.2) is 13.2 Å². The van der Waals surface area contributed by atoms with Crippen LogP contribution in [0.1, 0.15) is 12.8 Å². The van der Waals surface area contributed by atoms with Crippen LogP contribution in [0.5, 0.6) is 0 Å². The second-order valence-electron chi connectivity index (χ2n) is 5.80. The normalized spacial score (nSPS) is 20.0. The Morgan fingerprint density at radius 3 is 2.83 bits per heavy atom. The number of rotatable bonds is 4. The van der Waals surface area contributed by atoms with Gasteiger partial charge in [-0.2, -0.15) is 0 Å². The van der Waals surface area contributed by atoms with Gasteiger partial charge in [-0.05, 0) is 18.6 Å². The highest BCUT2D eigenvalue weighted by Gasteiger charge is 2.32. The van der Waals surface area contributed by atoms with Gasteiger partial charge in [0.1, 0.15) is 0 Å². The van der Waals surface area contributed by atoms with E-state index in [9.17, 15) is 18.0 Å². The average Bonchev–Trinajstić information content (AvgIpc) is 3.03. The Bertz CT molecular complexity index is 896. The maximum atomic E-state index is 12.3. The van der Waals surface area contributed by atoms with Crippen LogP contribution in [0, 0.1) is 0 Å². The van der Waals surface area contributed by atoms with Crippen LogP contribution in [0.2, 0.25) is 0 Å². The molecule has 3 rings (SSSR count). The first kappa shape index (κ1) is 15.8. The first-order valence-corrected chi connectivity index (χ1v) is 9.24. The SMILES string of the molecule is CN(C(=O)CCn1c(=O)oc2ccccc21)C1CCS(=O)(=O)C1. The van der Waals surface area contributed by atoms with Crippen LogP contribution in [-0.2, 0) is 21.2 Å². The number of nitrogens with zero attached hydrogens (tertiary/aromatic N) is 2. The molecular weight excluding hydrogens is 320 g/mol. The van der Waals surface area contributed by atoms with E-state index in [1.165, 1.54) is 9.47 Å². The summed E-state index contributed by atoms with van der Waals surface area (Å²) in [6, 6.07) is 6.76. The van der Waals surface area contributed by atoms with Crippen molar-refractivity contribution in [3.63, 3.8) is 0 Å². The first-order valence-electron chi connectivity index (χ1n) is 7.42. The van der Waals surface area contributed by atoms with Crippen LogP contribution in [0.4, 0.5) is 0 Å². The van der Waals surface area contributed by atoms with E-state index in [0.29, 0.717) is 17.5 Å². The highest BCUT2D eigenvalue weighted by Crippen LogP contribution is 2.18. The summed E-state index contributed by atoms with van der Waals surface area (Å²) in [6.45, 7) is 0.207. The van der Waals surface area contributed by atoms with Crippen molar-refractivity contribution in [2.45, 2.75) is 25.4 Å². The second kappa shape index (κ2) is 5.84. The third-order valence-electron chi connectivity index (χ3n) is 4.27. The fraction of sp³-hybridized carbons (Fsp3) is 0.467. The molecule has 23 heavy (non-hydrogen) atoms. The van der Waals surface area contributed by atoms with Crippen LogP contribution in [0.15, 0.2) is 33.5 Å². The van der Waals surface area contributed by atoms with E-state index in [4.69, 9.17) is 4.42 Å². The zero-order chi connectivity index (χ0) is 16.6. The van der Waals surface area contributed by atoms with Crippen molar-refractivity contribution < 1.29 is 17.6 Å². The van der Waals surface area contributed by atoms with E-state index < -0.39 is 15.6 Å². The number of amides is 1. The predicted octanol–water partition coefficient (Wildman–Crippen LogP) is 0.630. The van der Waals surface area contributed by atoms with Crippen molar-refractivity contribution in [1.29, 1.82) is 0 Å². The van der Waals surface area contributed by atoms with Gasteiger partial charge >= 0.3 is 5.76 Å². The van der Waals surface area contributed by atoms with Crippen molar-refractivity contribution in [1.82, 2.24) is 9.47 Å². The monoisotopic (exact) mass is 338 g/mol. The summed E-state index contributed by atoms with van der Waals surface area (Å²) in [7, 11) is -1.42. The molecule has 1 unspecified atom stereocenters. The molecule has 0 bridgehead atoms. The largest absolute Gasteiger partial charge is 0.419 e. The molecule has 0 radical (unpaired) electrons. The van der Waals surface area contributed by atoms with Crippen molar-refractivity contribution in [3.05, 3.63) is 34.8 Å². The smallest absolute Gasteiger partial charge is 0.408 e. The van der Waals surface area contributed by atoms with Crippen molar-refractivity contribution in [2.75, 3.05) is 18.6 Å². The molecule has 8 heteroatoms. The number of hydrogen-bond acceptors (Lipinski definition) is 5. The maximum Gasteiger partial charge on any atom is 0.419 e. The van der Waals surface area contributed by atoms with Gasteiger partial charge in [-0.15, -0.1) is 0 Å². The number of sulfone groups is 1. The summed E-state index contributed by atoms with van der Waals surface area (Å²) in [6.07, 6.45) is 0.593. The number of fused-ring (bicyclic) bond motifs is 1. The third kappa shape index (κ3) is 3.17. The van der Waals surface area contributed by atoms with E-state index in [1.807, 2.05) is 0 Å². The molecule has 0 aliphatic carbocycles. The summed E-state index contributed by atoms with van der Waals surface area (Å²) in [5.74, 6) is -0.528. The van der Waals surface area contributed by atoms with Gasteiger partial charge in [-0.1, -0.05) is 12.1 Å². The molecule has 1 aromatic carbocycles. The Kier molecular flexibility index (Phi) is 4.01. The second-order valence-corrected chi connectivity index (χ2v) is 8.03. The summed E-state index contributed by atoms with van der Waals surface area (Å²) in [5, 5.41) is 0. The molecular formula is C15H18N2O5S.